The number of hydrogen-bond acceptors (Lipinski definition) is 4. The fraction of sp³-hybridized carbons (Fsp3) is 0.167. The number of nitrogen functional groups attached to an aromatic ring is 1. The summed E-state index contributed by atoms with van der Waals surface area (Å²) < 4.78 is 0. The van der Waals surface area contributed by atoms with Gasteiger partial charge in [-0.1, -0.05) is 0 Å². The number of hydrogen-bond donors (Lipinski definition) is 1. The third kappa shape index (κ3) is 1.68. The summed E-state index contributed by atoms with van der Waals surface area (Å²) in [5.74, 6) is -0.0326. The van der Waals surface area contributed by atoms with E-state index in [1.165, 1.54) is 11.3 Å². The maximum absolute atomic E-state index is 12.2. The van der Waals surface area contributed by atoms with Crippen molar-refractivity contribution in [2.24, 2.45) is 0 Å². The van der Waals surface area contributed by atoms with Crippen LogP contribution in [0.3, 0.4) is 0 Å². The highest BCUT2D eigenvalue weighted by molar-refractivity contribution is 7.07. The average molecular weight is 245 g/mol. The van der Waals surface area contributed by atoms with Crippen molar-refractivity contribution in [3.8, 4) is 0 Å². The summed E-state index contributed by atoms with van der Waals surface area (Å²) in [5, 5.41) is 1.78. The summed E-state index contributed by atoms with van der Waals surface area (Å²) in [7, 11) is 0. The topological polar surface area (TPSA) is 59.2 Å². The van der Waals surface area contributed by atoms with Crippen LogP contribution in [-0.4, -0.2) is 17.4 Å². The second-order valence-electron chi connectivity index (χ2n) is 3.97. The van der Waals surface area contributed by atoms with E-state index >= 15 is 0 Å². The molecule has 4 nitrogen and oxygen atoms in total. The smallest absolute Gasteiger partial charge is 0.277 e. The van der Waals surface area contributed by atoms with E-state index < -0.39 is 0 Å². The largest absolute Gasteiger partial charge is 0.399 e. The second-order valence-corrected chi connectivity index (χ2v) is 4.69. The molecule has 0 fully saturated rings. The van der Waals surface area contributed by atoms with Crippen molar-refractivity contribution in [2.45, 2.75) is 6.42 Å². The van der Waals surface area contributed by atoms with E-state index in [0.717, 1.165) is 23.4 Å². The van der Waals surface area contributed by atoms with Gasteiger partial charge in [0.1, 0.15) is 5.69 Å². The molecule has 3 rings (SSSR count). The van der Waals surface area contributed by atoms with Crippen LogP contribution in [0.5, 0.6) is 0 Å². The molecule has 1 aliphatic heterocycles. The highest BCUT2D eigenvalue weighted by atomic mass is 32.1. The number of nitrogens with zero attached hydrogens (tertiary/aromatic N) is 2. The van der Waals surface area contributed by atoms with Gasteiger partial charge in [0.05, 0.1) is 5.51 Å². The molecule has 1 aromatic heterocycles. The van der Waals surface area contributed by atoms with Crippen LogP contribution in [-0.2, 0) is 6.42 Å². The normalized spacial score (nSPS) is 13.8. The van der Waals surface area contributed by atoms with Crippen molar-refractivity contribution < 1.29 is 4.79 Å². The van der Waals surface area contributed by atoms with Gasteiger partial charge >= 0.3 is 0 Å². The first-order valence-electron chi connectivity index (χ1n) is 5.34. The predicted molar refractivity (Wildman–Crippen MR) is 68.3 cm³/mol. The van der Waals surface area contributed by atoms with Gasteiger partial charge in [-0.25, -0.2) is 4.98 Å². The minimum absolute atomic E-state index is 0.0326. The van der Waals surface area contributed by atoms with Gasteiger partial charge in [0.15, 0.2) is 0 Å². The fourth-order valence-electron chi connectivity index (χ4n) is 2.09. The van der Waals surface area contributed by atoms with Gasteiger partial charge in [0.2, 0.25) is 0 Å². The van der Waals surface area contributed by atoms with E-state index in [4.69, 9.17) is 5.73 Å². The Morgan fingerprint density at radius 1 is 1.47 bits per heavy atom. The second kappa shape index (κ2) is 3.85. The molecule has 1 aliphatic rings. The molecule has 1 amide bonds. The van der Waals surface area contributed by atoms with Crippen molar-refractivity contribution >= 4 is 28.6 Å². The zero-order valence-corrected chi connectivity index (χ0v) is 9.91. The Morgan fingerprint density at radius 2 is 2.35 bits per heavy atom. The Kier molecular flexibility index (Phi) is 2.33. The highest BCUT2D eigenvalue weighted by Crippen LogP contribution is 2.30. The van der Waals surface area contributed by atoms with Gasteiger partial charge in [0.25, 0.3) is 5.91 Å². The van der Waals surface area contributed by atoms with Gasteiger partial charge in [-0.05, 0) is 30.2 Å². The van der Waals surface area contributed by atoms with Crippen LogP contribution in [0.15, 0.2) is 29.1 Å². The molecule has 17 heavy (non-hydrogen) atoms. The Balaban J connectivity index is 1.96. The Labute approximate surface area is 103 Å². The summed E-state index contributed by atoms with van der Waals surface area (Å²) in [4.78, 5) is 18.0. The van der Waals surface area contributed by atoms with Gasteiger partial charge in [-0.3, -0.25) is 4.79 Å². The number of anilines is 2. The van der Waals surface area contributed by atoms with Gasteiger partial charge in [0, 0.05) is 23.3 Å². The number of amides is 1. The average Bonchev–Trinajstić information content (AvgIpc) is 2.96. The Morgan fingerprint density at radius 3 is 3.12 bits per heavy atom. The summed E-state index contributed by atoms with van der Waals surface area (Å²) in [6, 6.07) is 5.66. The first kappa shape index (κ1) is 10.3. The number of thiazole rings is 1. The molecule has 1 aromatic carbocycles. The third-order valence-corrected chi connectivity index (χ3v) is 3.48. The molecule has 2 heterocycles. The zero-order valence-electron chi connectivity index (χ0n) is 9.09. The predicted octanol–water partition coefficient (Wildman–Crippen LogP) is 1.93. The fourth-order valence-corrected chi connectivity index (χ4v) is 2.61. The lowest BCUT2D eigenvalue weighted by atomic mass is 10.1. The molecule has 0 spiro atoms. The minimum atomic E-state index is -0.0326. The molecule has 0 saturated heterocycles. The lowest BCUT2D eigenvalue weighted by molar-refractivity contribution is 0.0985. The molecule has 86 valence electrons. The van der Waals surface area contributed by atoms with Gasteiger partial charge in [-0.2, -0.15) is 0 Å². The van der Waals surface area contributed by atoms with Crippen molar-refractivity contribution in [3.05, 3.63) is 40.3 Å². The van der Waals surface area contributed by atoms with Crippen LogP contribution in [0.1, 0.15) is 16.1 Å². The van der Waals surface area contributed by atoms with Crippen LogP contribution in [0.25, 0.3) is 0 Å². The van der Waals surface area contributed by atoms with Crippen molar-refractivity contribution in [1.29, 1.82) is 0 Å². The number of aromatic nitrogens is 1. The van der Waals surface area contributed by atoms with Crippen LogP contribution in [0, 0.1) is 0 Å². The Hall–Kier alpha value is -1.88. The van der Waals surface area contributed by atoms with Gasteiger partial charge in [-0.15, -0.1) is 11.3 Å². The maximum atomic E-state index is 12.2. The SMILES string of the molecule is Nc1ccc2c(c1)CCN2C(=O)c1cscn1. The molecule has 5 heteroatoms. The summed E-state index contributed by atoms with van der Waals surface area (Å²) in [6.45, 7) is 0.704. The first-order chi connectivity index (χ1) is 8.25. The van der Waals surface area contributed by atoms with Crippen LogP contribution < -0.4 is 10.6 Å². The molecular weight excluding hydrogens is 234 g/mol. The maximum Gasteiger partial charge on any atom is 0.277 e. The molecule has 0 saturated carbocycles. The number of nitrogens with two attached hydrogens (primary N) is 1. The van der Waals surface area contributed by atoms with E-state index in [0.29, 0.717) is 12.2 Å². The van der Waals surface area contributed by atoms with Crippen molar-refractivity contribution in [2.75, 3.05) is 17.2 Å². The molecule has 0 aliphatic carbocycles. The van der Waals surface area contributed by atoms with Crippen LogP contribution in [0.2, 0.25) is 0 Å². The monoisotopic (exact) mass is 245 g/mol. The molecule has 0 atom stereocenters. The lowest BCUT2D eigenvalue weighted by Gasteiger charge is -2.15. The highest BCUT2D eigenvalue weighted by Gasteiger charge is 2.26. The first-order valence-corrected chi connectivity index (χ1v) is 6.28. The van der Waals surface area contributed by atoms with Crippen LogP contribution in [0.4, 0.5) is 11.4 Å². The molecular formula is C12H11N3OS. The molecule has 0 bridgehead atoms. The number of fused-ring (bicyclic) bond motifs is 1. The van der Waals surface area contributed by atoms with E-state index in [9.17, 15) is 4.79 Å². The summed E-state index contributed by atoms with van der Waals surface area (Å²) in [5.41, 5.74) is 10.8. The molecule has 0 radical (unpaired) electrons. The number of rotatable bonds is 1. The minimum Gasteiger partial charge on any atom is -0.399 e. The van der Waals surface area contributed by atoms with E-state index in [1.807, 2.05) is 18.2 Å². The van der Waals surface area contributed by atoms with Crippen molar-refractivity contribution in [1.82, 2.24) is 4.98 Å². The Bertz CT molecular complexity index is 565. The van der Waals surface area contributed by atoms with Crippen molar-refractivity contribution in [3.63, 3.8) is 0 Å². The lowest BCUT2D eigenvalue weighted by Crippen LogP contribution is -2.29. The molecule has 0 unspecified atom stereocenters. The van der Waals surface area contributed by atoms with Crippen LogP contribution >= 0.6 is 11.3 Å². The quantitative estimate of drug-likeness (QED) is 0.781. The van der Waals surface area contributed by atoms with Gasteiger partial charge < -0.3 is 10.6 Å². The molecule has 2 N–H and O–H groups in total. The van der Waals surface area contributed by atoms with E-state index in [-0.39, 0.29) is 5.91 Å². The number of carbonyl (C=O) groups is 1. The third-order valence-electron chi connectivity index (χ3n) is 2.90. The summed E-state index contributed by atoms with van der Waals surface area (Å²) >= 11 is 1.43. The van der Waals surface area contributed by atoms with E-state index in [2.05, 4.69) is 4.98 Å². The zero-order chi connectivity index (χ0) is 11.8. The summed E-state index contributed by atoms with van der Waals surface area (Å²) in [6.07, 6.45) is 0.857. The van der Waals surface area contributed by atoms with E-state index in [1.54, 1.807) is 15.8 Å². The number of benzene rings is 1. The molecule has 2 aromatic rings. The standard InChI is InChI=1S/C12H11N3OS/c13-9-1-2-11-8(5-9)3-4-15(11)12(16)10-6-17-7-14-10/h1-2,5-7H,3-4,13H2. The number of carbonyl (C=O) groups excluding carboxylic acids is 1.